The molecule has 9 heteroatoms. The molecule has 2 aliphatic rings. The lowest BCUT2D eigenvalue weighted by molar-refractivity contribution is -0.135. The molecule has 0 radical (unpaired) electrons. The number of aromatic nitrogens is 4. The van der Waals surface area contributed by atoms with Crippen molar-refractivity contribution in [3.05, 3.63) is 77.0 Å². The molecule has 0 unspecified atom stereocenters. The average Bonchev–Trinajstić information content (AvgIpc) is 3.17. The summed E-state index contributed by atoms with van der Waals surface area (Å²) in [6, 6.07) is 13.3. The minimum Gasteiger partial charge on any atom is -0.369 e. The number of amides is 1. The summed E-state index contributed by atoms with van der Waals surface area (Å²) in [5.41, 5.74) is 1.70. The molecule has 0 bridgehead atoms. The lowest BCUT2D eigenvalue weighted by Crippen LogP contribution is -2.46. The lowest BCUT2D eigenvalue weighted by atomic mass is 9.96. The minimum absolute atomic E-state index is 0.0741. The molecule has 2 aromatic heterocycles. The van der Waals surface area contributed by atoms with Crippen LogP contribution in [0.2, 0.25) is 0 Å². The van der Waals surface area contributed by atoms with E-state index in [9.17, 15) is 9.59 Å². The van der Waals surface area contributed by atoms with Gasteiger partial charge >= 0.3 is 0 Å². The van der Waals surface area contributed by atoms with Gasteiger partial charge < -0.3 is 14.7 Å². The molecule has 2 fully saturated rings. The van der Waals surface area contributed by atoms with E-state index in [2.05, 4.69) is 24.9 Å². The van der Waals surface area contributed by atoms with Gasteiger partial charge in [-0.1, -0.05) is 30.3 Å². The minimum atomic E-state index is -0.129. The third-order valence-corrected chi connectivity index (χ3v) is 6.81. The van der Waals surface area contributed by atoms with Gasteiger partial charge in [-0.25, -0.2) is 14.6 Å². The quantitative estimate of drug-likeness (QED) is 0.560. The van der Waals surface area contributed by atoms with Crippen LogP contribution >= 0.6 is 0 Å². The van der Waals surface area contributed by atoms with Gasteiger partial charge in [0.05, 0.1) is 24.3 Å². The van der Waals surface area contributed by atoms with Gasteiger partial charge in [0, 0.05) is 57.7 Å². The number of carbonyl (C=O) groups is 1. The molecule has 182 valence electrons. The molecule has 4 heterocycles. The maximum Gasteiger partial charge on any atom is 0.269 e. The molecule has 2 aliphatic heterocycles. The first-order chi connectivity index (χ1) is 17.2. The van der Waals surface area contributed by atoms with Gasteiger partial charge in [-0.3, -0.25) is 9.59 Å². The monoisotopic (exact) mass is 473 g/mol. The standard InChI is InChI=1S/C26H31N7O2/c34-24-17-23(18-29-33(24)19-21-7-2-1-3-8-21)32-12-4-9-22(20-32)25(35)30-13-6-14-31(16-15-30)26-27-10-5-11-28-26/h1-3,5,7-8,10-11,17-18,22H,4,6,9,12-16,19-20H2/t22-/m0/s1. The van der Waals surface area contributed by atoms with Gasteiger partial charge in [-0.2, -0.15) is 5.10 Å². The number of rotatable bonds is 5. The zero-order valence-electron chi connectivity index (χ0n) is 19.9. The van der Waals surface area contributed by atoms with Crippen LogP contribution in [0.15, 0.2) is 65.8 Å². The van der Waals surface area contributed by atoms with Gasteiger partial charge in [0.15, 0.2) is 0 Å². The van der Waals surface area contributed by atoms with Crippen LogP contribution in [0.1, 0.15) is 24.8 Å². The first-order valence-corrected chi connectivity index (χ1v) is 12.3. The van der Waals surface area contributed by atoms with E-state index in [1.807, 2.05) is 41.3 Å². The molecule has 1 atom stereocenters. The second-order valence-electron chi connectivity index (χ2n) is 9.20. The highest BCUT2D eigenvalue weighted by Crippen LogP contribution is 2.24. The summed E-state index contributed by atoms with van der Waals surface area (Å²) < 4.78 is 1.48. The van der Waals surface area contributed by atoms with E-state index in [0.29, 0.717) is 19.6 Å². The van der Waals surface area contributed by atoms with Crippen LogP contribution in [-0.4, -0.2) is 69.8 Å². The second kappa shape index (κ2) is 10.7. The van der Waals surface area contributed by atoms with Crippen molar-refractivity contribution in [2.75, 3.05) is 49.1 Å². The van der Waals surface area contributed by atoms with Gasteiger partial charge in [0.2, 0.25) is 11.9 Å². The Morgan fingerprint density at radius 2 is 1.71 bits per heavy atom. The van der Waals surface area contributed by atoms with Crippen LogP contribution in [0.3, 0.4) is 0 Å². The van der Waals surface area contributed by atoms with Crippen molar-refractivity contribution >= 4 is 17.5 Å². The summed E-state index contributed by atoms with van der Waals surface area (Å²) in [4.78, 5) is 41.1. The summed E-state index contributed by atoms with van der Waals surface area (Å²) in [6.45, 7) is 4.88. The highest BCUT2D eigenvalue weighted by Gasteiger charge is 2.31. The maximum atomic E-state index is 13.4. The van der Waals surface area contributed by atoms with Crippen molar-refractivity contribution in [1.82, 2.24) is 24.6 Å². The van der Waals surface area contributed by atoms with Crippen LogP contribution in [0.5, 0.6) is 0 Å². The Morgan fingerprint density at radius 3 is 2.51 bits per heavy atom. The predicted octanol–water partition coefficient (Wildman–Crippen LogP) is 2.04. The highest BCUT2D eigenvalue weighted by atomic mass is 16.2. The summed E-state index contributed by atoms with van der Waals surface area (Å²) in [6.07, 6.45) is 7.94. The number of hydrogen-bond donors (Lipinski definition) is 0. The molecular weight excluding hydrogens is 442 g/mol. The molecule has 35 heavy (non-hydrogen) atoms. The van der Waals surface area contributed by atoms with Gasteiger partial charge in [0.1, 0.15) is 0 Å². The van der Waals surface area contributed by atoms with Crippen LogP contribution in [-0.2, 0) is 11.3 Å². The number of hydrogen-bond acceptors (Lipinski definition) is 7. The van der Waals surface area contributed by atoms with E-state index in [1.165, 1.54) is 4.68 Å². The summed E-state index contributed by atoms with van der Waals surface area (Å²) in [5, 5.41) is 4.41. The molecule has 9 nitrogen and oxygen atoms in total. The van der Waals surface area contributed by atoms with Crippen molar-refractivity contribution in [2.45, 2.75) is 25.8 Å². The first kappa shape index (κ1) is 23.0. The largest absolute Gasteiger partial charge is 0.369 e. The highest BCUT2D eigenvalue weighted by molar-refractivity contribution is 5.80. The fourth-order valence-electron chi connectivity index (χ4n) is 4.94. The molecule has 5 rings (SSSR count). The van der Waals surface area contributed by atoms with Crippen molar-refractivity contribution in [2.24, 2.45) is 5.92 Å². The molecule has 2 saturated heterocycles. The van der Waals surface area contributed by atoms with Crippen LogP contribution in [0.4, 0.5) is 11.6 Å². The van der Waals surface area contributed by atoms with Gasteiger partial charge in [0.25, 0.3) is 5.56 Å². The van der Waals surface area contributed by atoms with E-state index >= 15 is 0 Å². The lowest BCUT2D eigenvalue weighted by Gasteiger charge is -2.35. The maximum absolute atomic E-state index is 13.4. The van der Waals surface area contributed by atoms with E-state index < -0.39 is 0 Å². The molecule has 1 aromatic carbocycles. The van der Waals surface area contributed by atoms with Crippen LogP contribution in [0.25, 0.3) is 0 Å². The van der Waals surface area contributed by atoms with Crippen LogP contribution in [0, 0.1) is 5.92 Å². The molecule has 0 aliphatic carbocycles. The van der Waals surface area contributed by atoms with Crippen molar-refractivity contribution < 1.29 is 4.79 Å². The summed E-state index contributed by atoms with van der Waals surface area (Å²) >= 11 is 0. The average molecular weight is 474 g/mol. The fourth-order valence-corrected chi connectivity index (χ4v) is 4.94. The molecule has 0 saturated carbocycles. The Labute approximate surface area is 205 Å². The number of carbonyl (C=O) groups excluding carboxylic acids is 1. The second-order valence-corrected chi connectivity index (χ2v) is 9.20. The third-order valence-electron chi connectivity index (χ3n) is 6.81. The smallest absolute Gasteiger partial charge is 0.269 e. The molecule has 3 aromatic rings. The summed E-state index contributed by atoms with van der Waals surface area (Å²) in [5.74, 6) is 0.853. The van der Waals surface area contributed by atoms with E-state index in [-0.39, 0.29) is 17.4 Å². The molecular formula is C26H31N7O2. The van der Waals surface area contributed by atoms with Gasteiger partial charge in [-0.15, -0.1) is 0 Å². The number of piperidine rings is 1. The van der Waals surface area contributed by atoms with Crippen LogP contribution < -0.4 is 15.4 Å². The number of nitrogens with zero attached hydrogens (tertiary/aromatic N) is 7. The van der Waals surface area contributed by atoms with Crippen molar-refractivity contribution in [3.63, 3.8) is 0 Å². The topological polar surface area (TPSA) is 87.5 Å². The number of benzene rings is 1. The number of anilines is 2. The van der Waals surface area contributed by atoms with E-state index in [0.717, 1.165) is 62.6 Å². The Balaban J connectivity index is 1.21. The van der Waals surface area contributed by atoms with Crippen molar-refractivity contribution in [1.29, 1.82) is 0 Å². The Bertz CT molecular complexity index is 1190. The van der Waals surface area contributed by atoms with E-state index in [4.69, 9.17) is 0 Å². The Morgan fingerprint density at radius 1 is 0.914 bits per heavy atom. The van der Waals surface area contributed by atoms with E-state index in [1.54, 1.807) is 24.7 Å². The fraction of sp³-hybridized carbons (Fsp3) is 0.423. The predicted molar refractivity (Wildman–Crippen MR) is 134 cm³/mol. The normalized spacial score (nSPS) is 18.9. The Kier molecular flexibility index (Phi) is 7.02. The first-order valence-electron chi connectivity index (χ1n) is 12.3. The zero-order chi connectivity index (χ0) is 24.0. The summed E-state index contributed by atoms with van der Waals surface area (Å²) in [7, 11) is 0. The molecule has 0 N–H and O–H groups in total. The van der Waals surface area contributed by atoms with Gasteiger partial charge in [-0.05, 0) is 30.9 Å². The molecule has 0 spiro atoms. The Hall–Kier alpha value is -3.75. The van der Waals surface area contributed by atoms with Crippen molar-refractivity contribution in [3.8, 4) is 0 Å². The molecule has 1 amide bonds. The SMILES string of the molecule is O=C([C@H]1CCCN(c2cnn(Cc3ccccc3)c(=O)c2)C1)N1CCCN(c2ncccn2)CC1. The zero-order valence-corrected chi connectivity index (χ0v) is 19.9. The third kappa shape index (κ3) is 5.50.